The molecule has 31 heavy (non-hydrogen) atoms. The van der Waals surface area contributed by atoms with Crippen molar-refractivity contribution in [1.82, 2.24) is 0 Å². The fraction of sp³-hybridized carbons (Fsp3) is 0.857. The summed E-state index contributed by atoms with van der Waals surface area (Å²) < 4.78 is 12.8. The van der Waals surface area contributed by atoms with Gasteiger partial charge in [-0.1, -0.05) is 0 Å². The van der Waals surface area contributed by atoms with Gasteiger partial charge in [-0.05, 0) is 0 Å². The Hall–Kier alpha value is 0.456. The van der Waals surface area contributed by atoms with Crippen LogP contribution in [0.5, 0.6) is 0 Å². The molecule has 0 atom stereocenters. The number of hydrogen-bond donors (Lipinski definition) is 0. The van der Waals surface area contributed by atoms with Crippen molar-refractivity contribution in [2.24, 2.45) is 0 Å². The molecule has 0 bridgehead atoms. The van der Waals surface area contributed by atoms with E-state index in [4.69, 9.17) is 4.43 Å². The number of hydrogen-bond acceptors (Lipinski definition) is 1. The van der Waals surface area contributed by atoms with Crippen molar-refractivity contribution in [2.45, 2.75) is 143 Å². The third kappa shape index (κ3) is 13.7. The fourth-order valence-corrected chi connectivity index (χ4v) is 20.5. The second kappa shape index (κ2) is 16.1. The first kappa shape index (κ1) is 31.5. The Bertz CT molecular complexity index is 506. The van der Waals surface area contributed by atoms with Crippen LogP contribution in [-0.2, 0) is 4.43 Å². The normalized spacial score (nSPS) is 14.4. The second-order valence-electron chi connectivity index (χ2n) is 11.7. The predicted octanol–water partition coefficient (Wildman–Crippen LogP) is 10.5. The zero-order valence-corrected chi connectivity index (χ0v) is 27.1. The van der Waals surface area contributed by atoms with Gasteiger partial charge >= 0.3 is 204 Å². The van der Waals surface area contributed by atoms with Gasteiger partial charge in [0, 0.05) is 0 Å². The molecule has 0 aliphatic heterocycles. The topological polar surface area (TPSA) is 9.23 Å². The Balaban J connectivity index is 4.85. The van der Waals surface area contributed by atoms with Crippen LogP contribution in [0.15, 0.2) is 23.3 Å². The van der Waals surface area contributed by atoms with Crippen molar-refractivity contribution in [2.75, 3.05) is 6.61 Å². The molecule has 0 fully saturated rings. The van der Waals surface area contributed by atoms with Crippen LogP contribution in [0.3, 0.4) is 0 Å². The Morgan fingerprint density at radius 1 is 0.806 bits per heavy atom. The van der Waals surface area contributed by atoms with E-state index in [1.165, 1.54) is 55.0 Å². The molecule has 0 unspecified atom stereocenters. The monoisotopic (exact) mass is 558 g/mol. The van der Waals surface area contributed by atoms with Gasteiger partial charge in [0.05, 0.1) is 0 Å². The molecule has 0 aromatic heterocycles. The molecule has 0 amide bonds. The van der Waals surface area contributed by atoms with Gasteiger partial charge in [-0.3, -0.25) is 0 Å². The van der Waals surface area contributed by atoms with Gasteiger partial charge in [0.15, 0.2) is 0 Å². The molecule has 0 aliphatic carbocycles. The summed E-state index contributed by atoms with van der Waals surface area (Å²) in [5, 5.41) is 0.290. The third-order valence-corrected chi connectivity index (χ3v) is 27.2. The standard InChI is InChI=1S/C16H31OSi.3C4H9.Sn/c1-9-14(2)11-10-12-15(3)13-17-18(7,8)16(4,5)6;3*1-3-4-2;/h9,12H,1,10-11,13H2,2-8H3;3*1,3-4H2,2H3;/b14-9+,15-12+;;;;. The predicted molar refractivity (Wildman–Crippen MR) is 150 cm³/mol. The molecule has 0 aliphatic rings. The SMILES string of the molecule is CCC[CH2][Sn]([CH2]/C=C(\C)CC/C=C(\C)CO[Si](C)(C)C(C)(C)C)([CH2]CCC)[CH2]CCC. The first-order valence-corrected chi connectivity index (χ1v) is 24.4. The van der Waals surface area contributed by atoms with Gasteiger partial charge in [-0.2, -0.15) is 0 Å². The van der Waals surface area contributed by atoms with Crippen molar-refractivity contribution in [3.8, 4) is 0 Å². The number of unbranched alkanes of at least 4 members (excludes halogenated alkanes) is 3. The molecule has 1 nitrogen and oxygen atoms in total. The van der Waals surface area contributed by atoms with E-state index >= 15 is 0 Å². The van der Waals surface area contributed by atoms with Gasteiger partial charge < -0.3 is 0 Å². The minimum absolute atomic E-state index is 0.290. The molecule has 184 valence electrons. The maximum atomic E-state index is 6.38. The van der Waals surface area contributed by atoms with E-state index in [0.717, 1.165) is 13.0 Å². The molecule has 0 aromatic carbocycles. The van der Waals surface area contributed by atoms with Gasteiger partial charge in [-0.15, -0.1) is 0 Å². The second-order valence-corrected chi connectivity index (χ2v) is 30.5. The van der Waals surface area contributed by atoms with Crippen LogP contribution in [0.4, 0.5) is 0 Å². The summed E-state index contributed by atoms with van der Waals surface area (Å²) in [5.74, 6) is 0. The summed E-state index contributed by atoms with van der Waals surface area (Å²) in [4.78, 5) is 0. The Morgan fingerprint density at radius 2 is 1.29 bits per heavy atom. The molecule has 3 heteroatoms. The fourth-order valence-electron chi connectivity index (χ4n) is 3.95. The van der Waals surface area contributed by atoms with E-state index < -0.39 is 26.7 Å². The summed E-state index contributed by atoms with van der Waals surface area (Å²) in [6.07, 6.45) is 16.1. The van der Waals surface area contributed by atoms with Crippen LogP contribution < -0.4 is 0 Å². The Kier molecular flexibility index (Phi) is 16.4. The summed E-state index contributed by atoms with van der Waals surface area (Å²) >= 11 is -2.01. The van der Waals surface area contributed by atoms with Crippen LogP contribution in [-0.4, -0.2) is 33.3 Å². The van der Waals surface area contributed by atoms with Gasteiger partial charge in [-0.25, -0.2) is 0 Å². The average molecular weight is 558 g/mol. The zero-order valence-electron chi connectivity index (χ0n) is 23.3. The first-order valence-electron chi connectivity index (χ1n) is 13.4. The van der Waals surface area contributed by atoms with Crippen molar-refractivity contribution in [3.63, 3.8) is 0 Å². The van der Waals surface area contributed by atoms with E-state index in [1.54, 1.807) is 18.9 Å². The van der Waals surface area contributed by atoms with Crippen molar-refractivity contribution in [1.29, 1.82) is 0 Å². The van der Waals surface area contributed by atoms with Crippen LogP contribution in [0, 0.1) is 0 Å². The first-order chi connectivity index (χ1) is 14.4. The quantitative estimate of drug-likeness (QED) is 0.128. The Morgan fingerprint density at radius 3 is 1.71 bits per heavy atom. The molecule has 0 saturated heterocycles. The maximum absolute atomic E-state index is 6.38. The average Bonchev–Trinajstić information content (AvgIpc) is 2.70. The number of rotatable bonds is 17. The van der Waals surface area contributed by atoms with Crippen molar-refractivity contribution >= 4 is 26.7 Å². The number of allylic oxidation sites excluding steroid dienone is 3. The van der Waals surface area contributed by atoms with Crippen LogP contribution in [0.2, 0.25) is 35.9 Å². The van der Waals surface area contributed by atoms with Crippen LogP contribution in [0.25, 0.3) is 0 Å². The summed E-state index contributed by atoms with van der Waals surface area (Å²) in [5.41, 5.74) is 3.03. The Labute approximate surface area is 202 Å². The minimum atomic E-state index is -2.01. The molecule has 0 radical (unpaired) electrons. The summed E-state index contributed by atoms with van der Waals surface area (Å²) in [7, 11) is -1.64. The molecule has 0 N–H and O–H groups in total. The molecule has 0 saturated carbocycles. The van der Waals surface area contributed by atoms with Crippen LogP contribution in [0.1, 0.15) is 107 Å². The van der Waals surface area contributed by atoms with Gasteiger partial charge in [0.2, 0.25) is 0 Å². The molecule has 0 heterocycles. The summed E-state index contributed by atoms with van der Waals surface area (Å²) in [6.45, 7) is 24.2. The van der Waals surface area contributed by atoms with Gasteiger partial charge in [0.1, 0.15) is 0 Å². The molecule has 0 aromatic rings. The van der Waals surface area contributed by atoms with E-state index in [9.17, 15) is 0 Å². The van der Waals surface area contributed by atoms with Crippen LogP contribution >= 0.6 is 0 Å². The zero-order chi connectivity index (χ0) is 24.0. The molecular formula is C28H58OSiSn. The van der Waals surface area contributed by atoms with Crippen molar-refractivity contribution in [3.05, 3.63) is 23.3 Å². The summed E-state index contributed by atoms with van der Waals surface area (Å²) in [6, 6.07) is 0. The van der Waals surface area contributed by atoms with E-state index in [1.807, 2.05) is 0 Å². The van der Waals surface area contributed by atoms with Gasteiger partial charge in [0.25, 0.3) is 0 Å². The van der Waals surface area contributed by atoms with E-state index in [2.05, 4.69) is 80.6 Å². The molecule has 0 rings (SSSR count). The van der Waals surface area contributed by atoms with E-state index in [0.29, 0.717) is 0 Å². The molecular weight excluding hydrogens is 499 g/mol. The molecule has 0 spiro atoms. The van der Waals surface area contributed by atoms with E-state index in [-0.39, 0.29) is 5.04 Å². The third-order valence-electron chi connectivity index (χ3n) is 7.56. The van der Waals surface area contributed by atoms with Crippen molar-refractivity contribution < 1.29 is 4.43 Å².